The van der Waals surface area contributed by atoms with Crippen molar-refractivity contribution in [2.45, 2.75) is 6.92 Å². The highest BCUT2D eigenvalue weighted by Crippen LogP contribution is 2.22. The molecule has 3 aromatic rings. The zero-order valence-electron chi connectivity index (χ0n) is 14.0. The minimum Gasteiger partial charge on any atom is -0.497 e. The van der Waals surface area contributed by atoms with Gasteiger partial charge in [-0.15, -0.1) is 0 Å². The Morgan fingerprint density at radius 2 is 1.84 bits per heavy atom. The number of nitrogens with one attached hydrogen (secondary N) is 1. The largest absolute Gasteiger partial charge is 0.497 e. The molecule has 1 heterocycles. The van der Waals surface area contributed by atoms with Gasteiger partial charge in [0.25, 0.3) is 0 Å². The van der Waals surface area contributed by atoms with E-state index < -0.39 is 0 Å². The van der Waals surface area contributed by atoms with Crippen LogP contribution in [0.5, 0.6) is 5.75 Å². The summed E-state index contributed by atoms with van der Waals surface area (Å²) >= 11 is 0. The van der Waals surface area contributed by atoms with Crippen molar-refractivity contribution in [2.24, 2.45) is 0 Å². The van der Waals surface area contributed by atoms with Crippen LogP contribution in [0, 0.1) is 6.92 Å². The van der Waals surface area contributed by atoms with Gasteiger partial charge in [-0.2, -0.15) is 0 Å². The third-order valence-corrected chi connectivity index (χ3v) is 3.65. The number of anilines is 1. The standard InChI is InChI=1S/C20H18N2O3/c1-14-12-19(25-22-14)18(20(23)15-6-4-3-5-7-15)13-21-16-8-10-17(24-2)11-9-16/h3-13,21H,1-2H3/b18-13+. The molecule has 5 heteroatoms. The number of nitrogens with zero attached hydrogens (tertiary/aromatic N) is 1. The minimum absolute atomic E-state index is 0.141. The fourth-order valence-electron chi connectivity index (χ4n) is 2.33. The molecule has 0 aliphatic heterocycles. The molecule has 5 nitrogen and oxygen atoms in total. The average Bonchev–Trinajstić information content (AvgIpc) is 3.09. The van der Waals surface area contributed by atoms with Crippen LogP contribution in [0.15, 0.2) is 71.4 Å². The average molecular weight is 334 g/mol. The monoisotopic (exact) mass is 334 g/mol. The Labute approximate surface area is 145 Å². The van der Waals surface area contributed by atoms with Crippen LogP contribution in [0.2, 0.25) is 0 Å². The number of ketones is 1. The highest BCUT2D eigenvalue weighted by Gasteiger charge is 2.18. The van der Waals surface area contributed by atoms with Crippen molar-refractivity contribution in [1.29, 1.82) is 0 Å². The molecule has 0 unspecified atom stereocenters. The van der Waals surface area contributed by atoms with E-state index in [1.165, 1.54) is 0 Å². The number of methoxy groups -OCH3 is 1. The third-order valence-electron chi connectivity index (χ3n) is 3.65. The Morgan fingerprint density at radius 1 is 1.12 bits per heavy atom. The second-order valence-corrected chi connectivity index (χ2v) is 5.46. The first kappa shape index (κ1) is 16.5. The lowest BCUT2D eigenvalue weighted by Gasteiger charge is -2.06. The molecular weight excluding hydrogens is 316 g/mol. The van der Waals surface area contributed by atoms with Crippen molar-refractivity contribution in [3.8, 4) is 5.75 Å². The van der Waals surface area contributed by atoms with E-state index in [1.54, 1.807) is 31.5 Å². The number of rotatable bonds is 6. The molecule has 0 aliphatic rings. The number of aromatic nitrogens is 1. The van der Waals surface area contributed by atoms with E-state index in [4.69, 9.17) is 9.26 Å². The first-order valence-electron chi connectivity index (χ1n) is 7.81. The molecule has 0 bridgehead atoms. The van der Waals surface area contributed by atoms with Crippen LogP contribution in [-0.2, 0) is 0 Å². The summed E-state index contributed by atoms with van der Waals surface area (Å²) in [5, 5.41) is 7.01. The molecule has 126 valence electrons. The number of carbonyl (C=O) groups is 1. The molecule has 3 rings (SSSR count). The Kier molecular flexibility index (Phi) is 4.95. The Bertz CT molecular complexity index is 881. The lowest BCUT2D eigenvalue weighted by atomic mass is 10.0. The number of aryl methyl sites for hydroxylation is 1. The number of carbonyl (C=O) groups excluding carboxylic acids is 1. The number of Topliss-reactive ketones (excluding diaryl/α,β-unsaturated/α-hetero) is 1. The van der Waals surface area contributed by atoms with Crippen LogP contribution in [-0.4, -0.2) is 18.0 Å². The highest BCUT2D eigenvalue weighted by atomic mass is 16.5. The van der Waals surface area contributed by atoms with Crippen LogP contribution in [0.4, 0.5) is 5.69 Å². The van der Waals surface area contributed by atoms with Gasteiger partial charge >= 0.3 is 0 Å². The quantitative estimate of drug-likeness (QED) is 0.537. The molecule has 0 atom stereocenters. The first-order chi connectivity index (χ1) is 12.2. The zero-order chi connectivity index (χ0) is 17.6. The molecule has 0 amide bonds. The van der Waals surface area contributed by atoms with Crippen molar-refractivity contribution in [1.82, 2.24) is 5.16 Å². The van der Waals surface area contributed by atoms with Crippen LogP contribution in [0.1, 0.15) is 21.8 Å². The van der Waals surface area contributed by atoms with E-state index in [-0.39, 0.29) is 5.78 Å². The van der Waals surface area contributed by atoms with Gasteiger partial charge in [0.15, 0.2) is 11.5 Å². The molecular formula is C20H18N2O3. The lowest BCUT2D eigenvalue weighted by Crippen LogP contribution is -2.04. The van der Waals surface area contributed by atoms with Gasteiger partial charge in [0.1, 0.15) is 5.75 Å². The summed E-state index contributed by atoms with van der Waals surface area (Å²) < 4.78 is 10.4. The summed E-state index contributed by atoms with van der Waals surface area (Å²) in [6.45, 7) is 1.81. The number of ether oxygens (including phenoxy) is 1. The number of hydrogen-bond acceptors (Lipinski definition) is 5. The fourth-order valence-corrected chi connectivity index (χ4v) is 2.33. The smallest absolute Gasteiger partial charge is 0.198 e. The Morgan fingerprint density at radius 3 is 2.44 bits per heavy atom. The van der Waals surface area contributed by atoms with E-state index in [1.807, 2.05) is 49.4 Å². The molecule has 25 heavy (non-hydrogen) atoms. The number of allylic oxidation sites excluding steroid dienone is 1. The molecule has 0 radical (unpaired) electrons. The Hall–Kier alpha value is -3.34. The summed E-state index contributed by atoms with van der Waals surface area (Å²) in [5.74, 6) is 1.05. The van der Waals surface area contributed by atoms with E-state index in [0.717, 1.165) is 11.4 Å². The number of benzene rings is 2. The summed E-state index contributed by atoms with van der Waals surface area (Å²) in [6.07, 6.45) is 1.64. The molecule has 1 N–H and O–H groups in total. The molecule has 0 fully saturated rings. The van der Waals surface area contributed by atoms with Crippen molar-refractivity contribution >= 4 is 17.0 Å². The topological polar surface area (TPSA) is 64.4 Å². The maximum atomic E-state index is 12.9. The molecule has 0 spiro atoms. The fraction of sp³-hybridized carbons (Fsp3) is 0.100. The normalized spacial score (nSPS) is 11.2. The van der Waals surface area contributed by atoms with Gasteiger partial charge in [-0.1, -0.05) is 35.5 Å². The van der Waals surface area contributed by atoms with Gasteiger partial charge in [0.2, 0.25) is 0 Å². The van der Waals surface area contributed by atoms with Crippen molar-refractivity contribution in [3.05, 3.63) is 83.9 Å². The predicted octanol–water partition coefficient (Wildman–Crippen LogP) is 4.33. The van der Waals surface area contributed by atoms with E-state index in [2.05, 4.69) is 10.5 Å². The number of hydrogen-bond donors (Lipinski definition) is 1. The minimum atomic E-state index is -0.141. The van der Waals surface area contributed by atoms with Crippen molar-refractivity contribution < 1.29 is 14.1 Å². The van der Waals surface area contributed by atoms with E-state index >= 15 is 0 Å². The summed E-state index contributed by atoms with van der Waals surface area (Å²) in [6, 6.07) is 18.2. The van der Waals surface area contributed by atoms with Crippen LogP contribution in [0.3, 0.4) is 0 Å². The molecule has 0 saturated carbocycles. The second kappa shape index (κ2) is 7.49. The molecule has 1 aromatic heterocycles. The van der Waals surface area contributed by atoms with Crippen LogP contribution in [0.25, 0.3) is 5.57 Å². The third kappa shape index (κ3) is 3.95. The summed E-state index contributed by atoms with van der Waals surface area (Å²) in [7, 11) is 1.62. The van der Waals surface area contributed by atoms with Crippen molar-refractivity contribution in [2.75, 3.05) is 12.4 Å². The zero-order valence-corrected chi connectivity index (χ0v) is 14.0. The van der Waals surface area contributed by atoms with E-state index in [9.17, 15) is 4.79 Å². The predicted molar refractivity (Wildman–Crippen MR) is 96.6 cm³/mol. The Balaban J connectivity index is 1.91. The molecule has 2 aromatic carbocycles. The van der Waals surface area contributed by atoms with Gasteiger partial charge < -0.3 is 14.6 Å². The van der Waals surface area contributed by atoms with E-state index in [0.29, 0.717) is 22.6 Å². The SMILES string of the molecule is COc1ccc(N/C=C(/C(=O)c2ccccc2)c2cc(C)no2)cc1. The summed E-state index contributed by atoms with van der Waals surface area (Å²) in [4.78, 5) is 12.9. The lowest BCUT2D eigenvalue weighted by molar-refractivity contribution is 0.105. The second-order valence-electron chi connectivity index (χ2n) is 5.46. The van der Waals surface area contributed by atoms with Crippen LogP contribution >= 0.6 is 0 Å². The van der Waals surface area contributed by atoms with Gasteiger partial charge in [0.05, 0.1) is 18.4 Å². The highest BCUT2D eigenvalue weighted by molar-refractivity contribution is 6.28. The van der Waals surface area contributed by atoms with Gasteiger partial charge in [0, 0.05) is 23.5 Å². The van der Waals surface area contributed by atoms with Gasteiger partial charge in [-0.3, -0.25) is 4.79 Å². The maximum Gasteiger partial charge on any atom is 0.198 e. The molecule has 0 saturated heterocycles. The maximum absolute atomic E-state index is 12.9. The molecule has 0 aliphatic carbocycles. The van der Waals surface area contributed by atoms with Crippen molar-refractivity contribution in [3.63, 3.8) is 0 Å². The summed E-state index contributed by atoms with van der Waals surface area (Å²) in [5.41, 5.74) is 2.53. The van der Waals surface area contributed by atoms with Gasteiger partial charge in [-0.05, 0) is 31.2 Å². The van der Waals surface area contributed by atoms with Gasteiger partial charge in [-0.25, -0.2) is 0 Å². The van der Waals surface area contributed by atoms with Crippen LogP contribution < -0.4 is 10.1 Å². The first-order valence-corrected chi connectivity index (χ1v) is 7.81.